The van der Waals surface area contributed by atoms with Crippen LogP contribution in [0.4, 0.5) is 0 Å². The minimum atomic E-state index is -0.439. The summed E-state index contributed by atoms with van der Waals surface area (Å²) < 4.78 is 5.43. The van der Waals surface area contributed by atoms with Crippen LogP contribution in [0.1, 0.15) is 42.6 Å². The summed E-state index contributed by atoms with van der Waals surface area (Å²) in [6.45, 7) is 3.94. The van der Waals surface area contributed by atoms with Gasteiger partial charge in [-0.2, -0.15) is 0 Å². The fraction of sp³-hybridized carbons (Fsp3) is 0.407. The first-order chi connectivity index (χ1) is 16.2. The molecule has 1 unspecified atom stereocenters. The molecule has 2 amide bonds. The molecule has 3 heterocycles. The van der Waals surface area contributed by atoms with Crippen LogP contribution >= 0.6 is 0 Å². The van der Waals surface area contributed by atoms with E-state index in [1.165, 1.54) is 11.1 Å². The number of carbonyl (C=O) groups is 2. The number of ether oxygens (including phenoxy) is 1. The van der Waals surface area contributed by atoms with E-state index >= 15 is 0 Å². The Balaban J connectivity index is 1.46. The van der Waals surface area contributed by atoms with Crippen molar-refractivity contribution >= 4 is 22.7 Å². The van der Waals surface area contributed by atoms with Crippen molar-refractivity contribution in [2.75, 3.05) is 26.3 Å². The van der Waals surface area contributed by atoms with Gasteiger partial charge in [0.25, 0.3) is 0 Å². The smallest absolute Gasteiger partial charge is 0.246 e. The van der Waals surface area contributed by atoms with Gasteiger partial charge in [-0.3, -0.25) is 9.59 Å². The molecule has 0 radical (unpaired) electrons. The molecule has 2 aliphatic heterocycles. The van der Waals surface area contributed by atoms with Crippen LogP contribution in [0.5, 0.6) is 0 Å². The molecule has 2 atom stereocenters. The summed E-state index contributed by atoms with van der Waals surface area (Å²) in [4.78, 5) is 34.1. The van der Waals surface area contributed by atoms with Gasteiger partial charge in [-0.1, -0.05) is 48.5 Å². The van der Waals surface area contributed by atoms with Gasteiger partial charge in [0.15, 0.2) is 0 Å². The predicted octanol–water partition coefficient (Wildman–Crippen LogP) is 3.86. The number of hydrogen-bond acceptors (Lipinski definition) is 3. The zero-order valence-corrected chi connectivity index (χ0v) is 19.1. The van der Waals surface area contributed by atoms with Gasteiger partial charge in [-0.15, -0.1) is 0 Å². The van der Waals surface area contributed by atoms with Crippen molar-refractivity contribution < 1.29 is 14.3 Å². The lowest BCUT2D eigenvalue weighted by molar-refractivity contribution is -0.160. The van der Waals surface area contributed by atoms with Gasteiger partial charge in [-0.05, 0) is 43.4 Å². The Bertz CT molecular complexity index is 1140. The first-order valence-corrected chi connectivity index (χ1v) is 12.0. The van der Waals surface area contributed by atoms with Gasteiger partial charge in [0, 0.05) is 42.8 Å². The number of aromatic nitrogens is 1. The Morgan fingerprint density at radius 2 is 1.85 bits per heavy atom. The summed E-state index contributed by atoms with van der Waals surface area (Å²) in [5, 5.41) is 1.16. The molecule has 0 bridgehead atoms. The monoisotopic (exact) mass is 445 g/mol. The number of aromatic amines is 1. The Morgan fingerprint density at radius 3 is 2.67 bits per heavy atom. The maximum Gasteiger partial charge on any atom is 0.246 e. The van der Waals surface area contributed by atoms with Crippen LogP contribution in [-0.4, -0.2) is 58.9 Å². The summed E-state index contributed by atoms with van der Waals surface area (Å²) in [5.41, 5.74) is 4.59. The second-order valence-corrected chi connectivity index (χ2v) is 8.93. The molecule has 6 nitrogen and oxygen atoms in total. The second kappa shape index (κ2) is 9.40. The average molecular weight is 446 g/mol. The van der Waals surface area contributed by atoms with Crippen LogP contribution in [-0.2, 0) is 27.2 Å². The molecule has 172 valence electrons. The molecule has 2 aliphatic rings. The van der Waals surface area contributed by atoms with E-state index in [4.69, 9.17) is 4.74 Å². The Hall–Kier alpha value is -3.12. The van der Waals surface area contributed by atoms with Gasteiger partial charge >= 0.3 is 0 Å². The van der Waals surface area contributed by atoms with Gasteiger partial charge < -0.3 is 19.5 Å². The largest absolute Gasteiger partial charge is 0.382 e. The van der Waals surface area contributed by atoms with E-state index in [-0.39, 0.29) is 24.4 Å². The average Bonchev–Trinajstić information content (AvgIpc) is 3.22. The summed E-state index contributed by atoms with van der Waals surface area (Å²) in [6, 6.07) is 18.0. The van der Waals surface area contributed by atoms with E-state index in [9.17, 15) is 9.59 Å². The molecule has 5 rings (SSSR count). The highest BCUT2D eigenvalue weighted by Crippen LogP contribution is 2.41. The number of piperazine rings is 1. The molecule has 1 aromatic heterocycles. The molecule has 0 aliphatic carbocycles. The summed E-state index contributed by atoms with van der Waals surface area (Å²) >= 11 is 0. The molecule has 2 aromatic carbocycles. The molecule has 33 heavy (non-hydrogen) atoms. The number of hydrogen-bond donors (Lipinski definition) is 1. The number of aryl methyl sites for hydroxylation is 1. The number of benzene rings is 2. The van der Waals surface area contributed by atoms with Crippen LogP contribution in [0.2, 0.25) is 0 Å². The Morgan fingerprint density at radius 1 is 1.06 bits per heavy atom. The lowest BCUT2D eigenvalue weighted by atomic mass is 9.86. The topological polar surface area (TPSA) is 65.6 Å². The molecular formula is C27H31N3O3. The molecule has 0 spiro atoms. The highest BCUT2D eigenvalue weighted by atomic mass is 16.5. The minimum absolute atomic E-state index is 0.0402. The zero-order valence-electron chi connectivity index (χ0n) is 19.1. The molecule has 1 N–H and O–H groups in total. The summed E-state index contributed by atoms with van der Waals surface area (Å²) in [6.07, 6.45) is 2.94. The SMILES string of the molecule is CCOCCCN1CC(=O)N2C(CCc3ccccc3)c3[nH]c4ccccc4c3C[C@H]2C1=O. The molecule has 1 saturated heterocycles. The van der Waals surface area contributed by atoms with Gasteiger partial charge in [-0.25, -0.2) is 0 Å². The van der Waals surface area contributed by atoms with E-state index < -0.39 is 6.04 Å². The van der Waals surface area contributed by atoms with Crippen molar-refractivity contribution in [3.05, 3.63) is 71.4 Å². The van der Waals surface area contributed by atoms with Crippen LogP contribution in [0.25, 0.3) is 10.9 Å². The minimum Gasteiger partial charge on any atom is -0.382 e. The Kier molecular flexibility index (Phi) is 6.18. The van der Waals surface area contributed by atoms with Crippen LogP contribution < -0.4 is 0 Å². The number of nitrogens with zero attached hydrogens (tertiary/aromatic N) is 2. The molecular weight excluding hydrogens is 414 g/mol. The van der Waals surface area contributed by atoms with Gasteiger partial charge in [0.1, 0.15) is 6.04 Å². The fourth-order valence-electron chi connectivity index (χ4n) is 5.38. The number of para-hydroxylation sites is 1. The lowest BCUT2D eigenvalue weighted by Crippen LogP contribution is -2.63. The van der Waals surface area contributed by atoms with Crippen LogP contribution in [0.15, 0.2) is 54.6 Å². The van der Waals surface area contributed by atoms with Crippen molar-refractivity contribution in [2.24, 2.45) is 0 Å². The first kappa shape index (κ1) is 21.7. The van der Waals surface area contributed by atoms with Crippen molar-refractivity contribution in [1.29, 1.82) is 0 Å². The second-order valence-electron chi connectivity index (χ2n) is 8.93. The summed E-state index contributed by atoms with van der Waals surface area (Å²) in [5.74, 6) is 0.102. The third-order valence-electron chi connectivity index (χ3n) is 6.93. The number of amides is 2. The maximum atomic E-state index is 13.5. The van der Waals surface area contributed by atoms with E-state index in [1.807, 2.05) is 42.2 Å². The van der Waals surface area contributed by atoms with E-state index in [2.05, 4.69) is 29.2 Å². The van der Waals surface area contributed by atoms with Crippen molar-refractivity contribution in [3.8, 4) is 0 Å². The van der Waals surface area contributed by atoms with Crippen LogP contribution in [0.3, 0.4) is 0 Å². The van der Waals surface area contributed by atoms with Gasteiger partial charge in [0.05, 0.1) is 12.6 Å². The first-order valence-electron chi connectivity index (χ1n) is 12.0. The third kappa shape index (κ3) is 4.15. The number of rotatable bonds is 8. The zero-order chi connectivity index (χ0) is 22.8. The fourth-order valence-corrected chi connectivity index (χ4v) is 5.38. The molecule has 1 fully saturated rings. The normalized spacial score (nSPS) is 20.3. The molecule has 0 saturated carbocycles. The highest BCUT2D eigenvalue weighted by Gasteiger charge is 2.47. The third-order valence-corrected chi connectivity index (χ3v) is 6.93. The van der Waals surface area contributed by atoms with E-state index in [0.29, 0.717) is 26.2 Å². The van der Waals surface area contributed by atoms with E-state index in [0.717, 1.165) is 35.9 Å². The number of fused-ring (bicyclic) bond motifs is 4. The van der Waals surface area contributed by atoms with Gasteiger partial charge in [0.2, 0.25) is 11.8 Å². The van der Waals surface area contributed by atoms with Crippen molar-refractivity contribution in [1.82, 2.24) is 14.8 Å². The quantitative estimate of drug-likeness (QED) is 0.536. The highest BCUT2D eigenvalue weighted by molar-refractivity contribution is 5.97. The lowest BCUT2D eigenvalue weighted by Gasteiger charge is -2.47. The van der Waals surface area contributed by atoms with E-state index in [1.54, 1.807) is 4.90 Å². The number of nitrogens with one attached hydrogen (secondary N) is 1. The van der Waals surface area contributed by atoms with Crippen molar-refractivity contribution in [3.63, 3.8) is 0 Å². The van der Waals surface area contributed by atoms with Crippen molar-refractivity contribution in [2.45, 2.75) is 44.7 Å². The maximum absolute atomic E-state index is 13.5. The number of carbonyl (C=O) groups excluding carboxylic acids is 2. The standard InChI is InChI=1S/C27H31N3O3/c1-2-33-16-8-15-29-18-25(31)30-23(14-13-19-9-4-3-5-10-19)26-21(17-24(30)27(29)32)20-11-6-7-12-22(20)28-26/h3-7,9-12,23-24,28H,2,8,13-18H2,1H3/t23?,24-/m0/s1. The molecule has 6 heteroatoms. The van der Waals surface area contributed by atoms with Crippen LogP contribution in [0, 0.1) is 0 Å². The predicted molar refractivity (Wildman–Crippen MR) is 128 cm³/mol. The molecule has 3 aromatic rings. The Labute approximate surface area is 194 Å². The summed E-state index contributed by atoms with van der Waals surface area (Å²) in [7, 11) is 0. The number of H-pyrrole nitrogens is 1.